The zero-order valence-electron chi connectivity index (χ0n) is 14.5. The van der Waals surface area contributed by atoms with E-state index in [1.807, 2.05) is 51.1 Å². The molecule has 2 rings (SSSR count). The molecule has 1 aromatic heterocycles. The van der Waals surface area contributed by atoms with Gasteiger partial charge in [0, 0.05) is 13.1 Å². The molecule has 0 saturated carbocycles. The third-order valence-electron chi connectivity index (χ3n) is 3.81. The van der Waals surface area contributed by atoms with Crippen LogP contribution < -0.4 is 5.32 Å². The zero-order valence-corrected chi connectivity index (χ0v) is 14.5. The summed E-state index contributed by atoms with van der Waals surface area (Å²) in [4.78, 5) is 26.2. The normalized spacial score (nSPS) is 10.5. The van der Waals surface area contributed by atoms with Gasteiger partial charge in [0.25, 0.3) is 5.91 Å². The number of carbonyl (C=O) groups excluding carboxylic acids is 2. The van der Waals surface area contributed by atoms with Crippen LogP contribution in [0.5, 0.6) is 0 Å². The van der Waals surface area contributed by atoms with Crippen LogP contribution in [-0.4, -0.2) is 46.1 Å². The van der Waals surface area contributed by atoms with Crippen LogP contribution in [0.3, 0.4) is 0 Å². The predicted octanol–water partition coefficient (Wildman–Crippen LogP) is 2.03. The van der Waals surface area contributed by atoms with E-state index in [2.05, 4.69) is 10.4 Å². The van der Waals surface area contributed by atoms with Crippen molar-refractivity contribution >= 4 is 11.8 Å². The number of aromatic nitrogens is 2. The Bertz CT molecular complexity index is 694. The van der Waals surface area contributed by atoms with E-state index in [9.17, 15) is 9.59 Å². The number of para-hydroxylation sites is 1. The van der Waals surface area contributed by atoms with E-state index in [-0.39, 0.29) is 18.4 Å². The molecule has 24 heavy (non-hydrogen) atoms. The van der Waals surface area contributed by atoms with Gasteiger partial charge in [-0.05, 0) is 32.4 Å². The Kier molecular flexibility index (Phi) is 6.12. The quantitative estimate of drug-likeness (QED) is 0.846. The summed E-state index contributed by atoms with van der Waals surface area (Å²) in [6.07, 6.45) is 2.27. The first-order chi connectivity index (χ1) is 11.6. The van der Waals surface area contributed by atoms with Gasteiger partial charge in [-0.2, -0.15) is 5.10 Å². The molecule has 1 aromatic carbocycles. The maximum Gasteiger partial charge on any atom is 0.257 e. The van der Waals surface area contributed by atoms with Crippen LogP contribution in [0.2, 0.25) is 0 Å². The zero-order chi connectivity index (χ0) is 17.5. The highest BCUT2D eigenvalue weighted by Crippen LogP contribution is 2.17. The molecule has 1 heterocycles. The standard InChI is InChI=1S/C18H24N4O2/c1-4-16-15(12-20-22(16)14-10-8-7-9-11-14)18(24)21(6-3)13-17(23)19-5-2/h7-12H,4-6,13H2,1-3H3,(H,19,23). The second-order valence-corrected chi connectivity index (χ2v) is 5.38. The van der Waals surface area contributed by atoms with Crippen molar-refractivity contribution in [2.45, 2.75) is 27.2 Å². The van der Waals surface area contributed by atoms with Crippen molar-refractivity contribution in [2.75, 3.05) is 19.6 Å². The Morgan fingerprint density at radius 2 is 1.88 bits per heavy atom. The molecule has 6 heteroatoms. The van der Waals surface area contributed by atoms with E-state index in [1.54, 1.807) is 10.9 Å². The molecular formula is C18H24N4O2. The summed E-state index contributed by atoms with van der Waals surface area (Å²) in [5, 5.41) is 7.10. The molecule has 2 amide bonds. The number of nitrogens with one attached hydrogen (secondary N) is 1. The Balaban J connectivity index is 2.29. The molecule has 0 spiro atoms. The van der Waals surface area contributed by atoms with Gasteiger partial charge >= 0.3 is 0 Å². The molecule has 0 saturated heterocycles. The smallest absolute Gasteiger partial charge is 0.257 e. The number of rotatable bonds is 7. The van der Waals surface area contributed by atoms with Crippen LogP contribution in [0.25, 0.3) is 5.69 Å². The number of benzene rings is 1. The maximum atomic E-state index is 12.8. The molecule has 6 nitrogen and oxygen atoms in total. The van der Waals surface area contributed by atoms with E-state index in [0.29, 0.717) is 25.1 Å². The molecular weight excluding hydrogens is 304 g/mol. The van der Waals surface area contributed by atoms with E-state index in [4.69, 9.17) is 0 Å². The van der Waals surface area contributed by atoms with Gasteiger partial charge in [0.1, 0.15) is 0 Å². The lowest BCUT2D eigenvalue weighted by Crippen LogP contribution is -2.40. The summed E-state index contributed by atoms with van der Waals surface area (Å²) in [6.45, 7) is 6.79. The Morgan fingerprint density at radius 1 is 1.17 bits per heavy atom. The fourth-order valence-corrected chi connectivity index (χ4v) is 2.61. The van der Waals surface area contributed by atoms with E-state index < -0.39 is 0 Å². The van der Waals surface area contributed by atoms with Gasteiger partial charge < -0.3 is 10.2 Å². The third kappa shape index (κ3) is 3.82. The first-order valence-electron chi connectivity index (χ1n) is 8.30. The highest BCUT2D eigenvalue weighted by molar-refractivity contribution is 5.97. The van der Waals surface area contributed by atoms with Crippen molar-refractivity contribution in [3.05, 3.63) is 47.8 Å². The lowest BCUT2D eigenvalue weighted by molar-refractivity contribution is -0.121. The van der Waals surface area contributed by atoms with Crippen molar-refractivity contribution in [3.63, 3.8) is 0 Å². The molecule has 0 fully saturated rings. The van der Waals surface area contributed by atoms with Gasteiger partial charge in [-0.3, -0.25) is 9.59 Å². The van der Waals surface area contributed by atoms with Crippen molar-refractivity contribution in [2.24, 2.45) is 0 Å². The molecule has 2 aromatic rings. The molecule has 128 valence electrons. The first-order valence-corrected chi connectivity index (χ1v) is 8.30. The molecule has 0 aliphatic carbocycles. The van der Waals surface area contributed by atoms with Gasteiger partial charge in [0.15, 0.2) is 0 Å². The van der Waals surface area contributed by atoms with Crippen LogP contribution in [0.1, 0.15) is 36.8 Å². The van der Waals surface area contributed by atoms with Gasteiger partial charge in [0.2, 0.25) is 5.91 Å². The van der Waals surface area contributed by atoms with Gasteiger partial charge in [-0.25, -0.2) is 4.68 Å². The van der Waals surface area contributed by atoms with Crippen LogP contribution in [0.4, 0.5) is 0 Å². The van der Waals surface area contributed by atoms with Crippen LogP contribution in [-0.2, 0) is 11.2 Å². The highest BCUT2D eigenvalue weighted by Gasteiger charge is 2.23. The molecule has 0 atom stereocenters. The van der Waals surface area contributed by atoms with E-state index in [0.717, 1.165) is 11.4 Å². The monoisotopic (exact) mass is 328 g/mol. The number of amides is 2. The Morgan fingerprint density at radius 3 is 2.46 bits per heavy atom. The molecule has 0 radical (unpaired) electrons. The SMILES string of the molecule is CCNC(=O)CN(CC)C(=O)c1cnn(-c2ccccc2)c1CC. The van der Waals surface area contributed by atoms with Crippen molar-refractivity contribution < 1.29 is 9.59 Å². The summed E-state index contributed by atoms with van der Waals surface area (Å²) >= 11 is 0. The Hall–Kier alpha value is -2.63. The van der Waals surface area contributed by atoms with Crippen LogP contribution in [0, 0.1) is 0 Å². The number of hydrogen-bond acceptors (Lipinski definition) is 3. The average molecular weight is 328 g/mol. The van der Waals surface area contributed by atoms with Crippen molar-refractivity contribution in [1.82, 2.24) is 20.0 Å². The second kappa shape index (κ2) is 8.29. The lowest BCUT2D eigenvalue weighted by Gasteiger charge is -2.20. The number of nitrogens with zero attached hydrogens (tertiary/aromatic N) is 3. The molecule has 0 bridgehead atoms. The average Bonchev–Trinajstić information content (AvgIpc) is 3.04. The largest absolute Gasteiger partial charge is 0.355 e. The van der Waals surface area contributed by atoms with Gasteiger partial charge in [0.05, 0.1) is 29.7 Å². The van der Waals surface area contributed by atoms with Gasteiger partial charge in [-0.15, -0.1) is 0 Å². The molecule has 0 aliphatic rings. The minimum absolute atomic E-state index is 0.0584. The van der Waals surface area contributed by atoms with Crippen molar-refractivity contribution in [3.8, 4) is 5.69 Å². The summed E-state index contributed by atoms with van der Waals surface area (Å²) in [5.74, 6) is -0.316. The third-order valence-corrected chi connectivity index (χ3v) is 3.81. The second-order valence-electron chi connectivity index (χ2n) is 5.38. The summed E-state index contributed by atoms with van der Waals surface area (Å²) < 4.78 is 1.78. The number of hydrogen-bond donors (Lipinski definition) is 1. The lowest BCUT2D eigenvalue weighted by atomic mass is 10.1. The van der Waals surface area contributed by atoms with E-state index in [1.165, 1.54) is 4.90 Å². The fraction of sp³-hybridized carbons (Fsp3) is 0.389. The topological polar surface area (TPSA) is 67.2 Å². The highest BCUT2D eigenvalue weighted by atomic mass is 16.2. The first kappa shape index (κ1) is 17.7. The van der Waals surface area contributed by atoms with Crippen LogP contribution >= 0.6 is 0 Å². The molecule has 1 N–H and O–H groups in total. The summed E-state index contributed by atoms with van der Waals surface area (Å²) in [7, 11) is 0. The van der Waals surface area contributed by atoms with Crippen molar-refractivity contribution in [1.29, 1.82) is 0 Å². The predicted molar refractivity (Wildman–Crippen MR) is 93.2 cm³/mol. The maximum absolute atomic E-state index is 12.8. The summed E-state index contributed by atoms with van der Waals surface area (Å²) in [5.41, 5.74) is 2.31. The number of carbonyl (C=O) groups is 2. The molecule has 0 aliphatic heterocycles. The Labute approximate surface area is 142 Å². The fourth-order valence-electron chi connectivity index (χ4n) is 2.61. The van der Waals surface area contributed by atoms with Crippen LogP contribution in [0.15, 0.2) is 36.5 Å². The summed E-state index contributed by atoms with van der Waals surface area (Å²) in [6, 6.07) is 9.71. The number of likely N-dealkylation sites (N-methyl/N-ethyl adjacent to an activating group) is 2. The minimum Gasteiger partial charge on any atom is -0.355 e. The van der Waals surface area contributed by atoms with E-state index >= 15 is 0 Å². The molecule has 0 unspecified atom stereocenters. The minimum atomic E-state index is -0.164. The van der Waals surface area contributed by atoms with Gasteiger partial charge in [-0.1, -0.05) is 25.1 Å².